The Balaban J connectivity index is 2.53. The summed E-state index contributed by atoms with van der Waals surface area (Å²) in [6.45, 7) is 1.88. The number of rotatable bonds is 2. The van der Waals surface area contributed by atoms with E-state index in [1.807, 2.05) is 6.92 Å². The van der Waals surface area contributed by atoms with Crippen molar-refractivity contribution in [2.24, 2.45) is 16.5 Å². The van der Waals surface area contributed by atoms with E-state index >= 15 is 0 Å². The van der Waals surface area contributed by atoms with E-state index in [1.165, 1.54) is 22.7 Å². The van der Waals surface area contributed by atoms with Crippen LogP contribution in [0.3, 0.4) is 0 Å². The van der Waals surface area contributed by atoms with Gasteiger partial charge in [-0.2, -0.15) is 0 Å². The molecule has 0 fully saturated rings. The van der Waals surface area contributed by atoms with Gasteiger partial charge >= 0.3 is 0 Å². The summed E-state index contributed by atoms with van der Waals surface area (Å²) in [5.74, 6) is 0.0145. The molecule has 0 unspecified atom stereocenters. The minimum atomic E-state index is 0.0145. The van der Waals surface area contributed by atoms with Crippen molar-refractivity contribution in [1.82, 2.24) is 9.97 Å². The first-order valence-electron chi connectivity index (χ1n) is 4.34. The van der Waals surface area contributed by atoms with Gasteiger partial charge in [0.25, 0.3) is 0 Å². The fourth-order valence-corrected chi connectivity index (χ4v) is 2.81. The van der Waals surface area contributed by atoms with Gasteiger partial charge in [0.05, 0.1) is 16.1 Å². The Labute approximate surface area is 99.9 Å². The smallest absolute Gasteiger partial charge is 0.192 e. The number of hydrogen-bond acceptors (Lipinski definition) is 6. The van der Waals surface area contributed by atoms with Crippen molar-refractivity contribution in [2.75, 3.05) is 5.73 Å². The van der Waals surface area contributed by atoms with E-state index in [0.29, 0.717) is 10.1 Å². The van der Waals surface area contributed by atoms with Crippen LogP contribution in [0.15, 0.2) is 10.5 Å². The van der Waals surface area contributed by atoms with Crippen LogP contribution < -0.4 is 17.2 Å². The Morgan fingerprint density at radius 2 is 2.19 bits per heavy atom. The number of thiazole rings is 2. The Bertz CT molecular complexity index is 536. The maximum Gasteiger partial charge on any atom is 0.192 e. The van der Waals surface area contributed by atoms with E-state index in [0.717, 1.165) is 16.3 Å². The largest absolute Gasteiger partial charge is 0.375 e. The van der Waals surface area contributed by atoms with Crippen LogP contribution in [-0.4, -0.2) is 15.9 Å². The third-order valence-corrected chi connectivity index (χ3v) is 3.52. The minimum Gasteiger partial charge on any atom is -0.375 e. The molecule has 84 valence electrons. The summed E-state index contributed by atoms with van der Waals surface area (Å²) >= 11 is 2.74. The Hall–Kier alpha value is -1.67. The number of hydrogen-bond donors (Lipinski definition) is 3. The number of aliphatic imine (C=N–C) groups is 1. The zero-order valence-corrected chi connectivity index (χ0v) is 10.1. The van der Waals surface area contributed by atoms with Gasteiger partial charge in [-0.05, 0) is 6.92 Å². The van der Waals surface area contributed by atoms with Gasteiger partial charge in [0.1, 0.15) is 10.7 Å². The molecular weight excluding hydrogens is 244 g/mol. The molecule has 0 bridgehead atoms. The molecule has 0 aliphatic heterocycles. The highest BCUT2D eigenvalue weighted by atomic mass is 32.1. The molecule has 6 nitrogen and oxygen atoms in total. The van der Waals surface area contributed by atoms with Crippen LogP contribution in [0, 0.1) is 6.92 Å². The molecule has 0 amide bonds. The van der Waals surface area contributed by atoms with E-state index in [9.17, 15) is 0 Å². The number of nitrogen functional groups attached to an aromatic ring is 1. The molecule has 0 atom stereocenters. The van der Waals surface area contributed by atoms with Crippen molar-refractivity contribution in [3.05, 3.63) is 11.2 Å². The molecule has 2 aromatic rings. The second-order valence-electron chi connectivity index (χ2n) is 3.01. The summed E-state index contributed by atoms with van der Waals surface area (Å²) in [6.07, 6.45) is 0. The molecule has 8 heteroatoms. The van der Waals surface area contributed by atoms with Gasteiger partial charge in [0.15, 0.2) is 11.1 Å². The van der Waals surface area contributed by atoms with Crippen LogP contribution in [0.4, 0.5) is 10.1 Å². The molecule has 2 heterocycles. The van der Waals surface area contributed by atoms with E-state index in [2.05, 4.69) is 15.0 Å². The molecule has 6 N–H and O–H groups in total. The topological polar surface area (TPSA) is 116 Å². The molecule has 0 saturated heterocycles. The molecule has 0 radical (unpaired) electrons. The lowest BCUT2D eigenvalue weighted by Gasteiger charge is -1.95. The van der Waals surface area contributed by atoms with Gasteiger partial charge in [0.2, 0.25) is 0 Å². The molecule has 0 spiro atoms. The Morgan fingerprint density at radius 1 is 1.44 bits per heavy atom. The number of aromatic nitrogens is 2. The van der Waals surface area contributed by atoms with Crippen LogP contribution in [0.25, 0.3) is 10.6 Å². The zero-order valence-electron chi connectivity index (χ0n) is 8.47. The molecule has 0 aromatic carbocycles. The molecule has 2 rings (SSSR count). The minimum absolute atomic E-state index is 0.0145. The second-order valence-corrected chi connectivity index (χ2v) is 4.87. The highest BCUT2D eigenvalue weighted by molar-refractivity contribution is 7.20. The second kappa shape index (κ2) is 4.06. The Kier molecular flexibility index (Phi) is 2.75. The highest BCUT2D eigenvalue weighted by Gasteiger charge is 2.14. The first-order chi connectivity index (χ1) is 7.58. The first kappa shape index (κ1) is 10.8. The molecule has 0 aliphatic carbocycles. The van der Waals surface area contributed by atoms with Crippen molar-refractivity contribution >= 4 is 38.8 Å². The summed E-state index contributed by atoms with van der Waals surface area (Å²) in [5.41, 5.74) is 19.6. The third-order valence-electron chi connectivity index (χ3n) is 1.81. The average Bonchev–Trinajstić information content (AvgIpc) is 2.72. The van der Waals surface area contributed by atoms with Gasteiger partial charge < -0.3 is 17.2 Å². The standard InChI is InChI=1S/C8H10N6S2/c1-3-5(16-8(11)13-3)4-6(14-7(9)10)15-2-12-4/h2H,1H3,(H2,11,13)(H4,9,10,14). The van der Waals surface area contributed by atoms with Gasteiger partial charge in [-0.25, -0.2) is 15.0 Å². The van der Waals surface area contributed by atoms with Crippen LogP contribution in [-0.2, 0) is 0 Å². The van der Waals surface area contributed by atoms with Crippen LogP contribution in [0.5, 0.6) is 0 Å². The van der Waals surface area contributed by atoms with Crippen molar-refractivity contribution in [1.29, 1.82) is 0 Å². The lowest BCUT2D eigenvalue weighted by Crippen LogP contribution is -2.21. The van der Waals surface area contributed by atoms with Crippen molar-refractivity contribution in [2.45, 2.75) is 6.92 Å². The third kappa shape index (κ3) is 1.97. The molecular formula is C8H10N6S2. The maximum atomic E-state index is 5.63. The normalized spacial score (nSPS) is 10.3. The molecule has 0 saturated carbocycles. The molecule has 2 aromatic heterocycles. The van der Waals surface area contributed by atoms with Crippen molar-refractivity contribution in [3.8, 4) is 10.6 Å². The van der Waals surface area contributed by atoms with E-state index < -0.39 is 0 Å². The fourth-order valence-electron chi connectivity index (χ4n) is 1.23. The van der Waals surface area contributed by atoms with Gasteiger partial charge in [-0.1, -0.05) is 11.3 Å². The van der Waals surface area contributed by atoms with E-state index in [-0.39, 0.29) is 5.96 Å². The van der Waals surface area contributed by atoms with Crippen LogP contribution >= 0.6 is 22.7 Å². The van der Waals surface area contributed by atoms with Crippen molar-refractivity contribution < 1.29 is 0 Å². The van der Waals surface area contributed by atoms with Crippen molar-refractivity contribution in [3.63, 3.8) is 0 Å². The summed E-state index contributed by atoms with van der Waals surface area (Å²) < 4.78 is 0. The van der Waals surface area contributed by atoms with Crippen LogP contribution in [0.1, 0.15) is 5.69 Å². The molecule has 0 aliphatic rings. The lowest BCUT2D eigenvalue weighted by molar-refractivity contribution is 1.26. The number of aryl methyl sites for hydroxylation is 1. The van der Waals surface area contributed by atoms with Crippen LogP contribution in [0.2, 0.25) is 0 Å². The predicted octanol–water partition coefficient (Wildman–Crippen LogP) is 1.06. The average molecular weight is 254 g/mol. The number of guanidine groups is 1. The van der Waals surface area contributed by atoms with Gasteiger partial charge in [-0.15, -0.1) is 11.3 Å². The number of nitrogens with zero attached hydrogens (tertiary/aromatic N) is 3. The first-order valence-corrected chi connectivity index (χ1v) is 6.04. The zero-order chi connectivity index (χ0) is 11.7. The summed E-state index contributed by atoms with van der Waals surface area (Å²) in [7, 11) is 0. The fraction of sp³-hybridized carbons (Fsp3) is 0.125. The van der Waals surface area contributed by atoms with Gasteiger partial charge in [0, 0.05) is 0 Å². The number of nitrogens with two attached hydrogens (primary N) is 3. The van der Waals surface area contributed by atoms with Gasteiger partial charge in [-0.3, -0.25) is 0 Å². The molecule has 16 heavy (non-hydrogen) atoms. The summed E-state index contributed by atoms with van der Waals surface area (Å²) in [6, 6.07) is 0. The Morgan fingerprint density at radius 3 is 2.75 bits per heavy atom. The number of anilines is 1. The summed E-state index contributed by atoms with van der Waals surface area (Å²) in [5, 5.41) is 1.18. The summed E-state index contributed by atoms with van der Waals surface area (Å²) in [4.78, 5) is 13.3. The highest BCUT2D eigenvalue weighted by Crippen LogP contribution is 2.38. The monoisotopic (exact) mass is 254 g/mol. The SMILES string of the molecule is Cc1nc(N)sc1-c1ncsc1N=C(N)N. The quantitative estimate of drug-likeness (QED) is 0.547. The van der Waals surface area contributed by atoms with E-state index in [4.69, 9.17) is 17.2 Å². The predicted molar refractivity (Wildman–Crippen MR) is 67.8 cm³/mol. The maximum absolute atomic E-state index is 5.63. The van der Waals surface area contributed by atoms with E-state index in [1.54, 1.807) is 5.51 Å². The lowest BCUT2D eigenvalue weighted by atomic mass is 10.3.